The van der Waals surface area contributed by atoms with Gasteiger partial charge in [-0.3, -0.25) is 0 Å². The van der Waals surface area contributed by atoms with Crippen molar-refractivity contribution in [3.8, 4) is 0 Å². The van der Waals surface area contributed by atoms with Crippen LogP contribution in [0.25, 0.3) is 0 Å². The van der Waals surface area contributed by atoms with Crippen LogP contribution in [-0.2, 0) is 27.8 Å². The van der Waals surface area contributed by atoms with E-state index in [0.717, 1.165) is 5.56 Å². The molecule has 2 fully saturated rings. The summed E-state index contributed by atoms with van der Waals surface area (Å²) >= 11 is 0. The number of fused-ring (bicyclic) bond motifs is 1. The van der Waals surface area contributed by atoms with Crippen molar-refractivity contribution in [3.63, 3.8) is 0 Å². The van der Waals surface area contributed by atoms with Crippen LogP contribution in [0.1, 0.15) is 11.9 Å². The van der Waals surface area contributed by atoms with Gasteiger partial charge in [-0.05, 0) is 39.3 Å². The summed E-state index contributed by atoms with van der Waals surface area (Å²) < 4.78 is 38.0. The fourth-order valence-corrected chi connectivity index (χ4v) is 5.85. The first-order chi connectivity index (χ1) is 14.1. The van der Waals surface area contributed by atoms with E-state index in [-0.39, 0.29) is 24.4 Å². The van der Waals surface area contributed by atoms with E-state index in [1.54, 1.807) is 6.08 Å². The van der Waals surface area contributed by atoms with Gasteiger partial charge in [0.1, 0.15) is 24.4 Å². The number of benzene rings is 1. The van der Waals surface area contributed by atoms with E-state index >= 15 is 0 Å². The van der Waals surface area contributed by atoms with Gasteiger partial charge in [-0.15, -0.1) is 6.58 Å². The van der Waals surface area contributed by atoms with Crippen molar-refractivity contribution in [2.75, 3.05) is 13.2 Å². The molecule has 168 valence electrons. The minimum absolute atomic E-state index is 0.289. The summed E-state index contributed by atoms with van der Waals surface area (Å²) in [4.78, 5) is 0. The summed E-state index contributed by atoms with van der Waals surface area (Å²) in [6.07, 6.45) is -0.566. The van der Waals surface area contributed by atoms with Crippen molar-refractivity contribution in [3.05, 3.63) is 48.6 Å². The van der Waals surface area contributed by atoms with Crippen molar-refractivity contribution in [2.24, 2.45) is 0 Å². The minimum atomic E-state index is -1.92. The molecule has 2 heterocycles. The normalized spacial score (nSPS) is 32.5. The molecular weight excluding hydrogens is 416 g/mol. The highest BCUT2D eigenvalue weighted by Gasteiger charge is 2.53. The van der Waals surface area contributed by atoms with E-state index < -0.39 is 29.2 Å². The van der Waals surface area contributed by atoms with E-state index in [1.807, 2.05) is 30.3 Å². The van der Waals surface area contributed by atoms with E-state index in [1.165, 1.54) is 0 Å². The SMILES string of the molecule is C=CCO[C@H]1O[C@@H]2COC(c3ccccc3)O[C@H]2[C@H](O[Si](C)(C)C)[C@H]1O[Si](C)(C)C. The first-order valence-corrected chi connectivity index (χ1v) is 17.4. The highest BCUT2D eigenvalue weighted by atomic mass is 28.4. The van der Waals surface area contributed by atoms with Crippen LogP contribution < -0.4 is 0 Å². The Morgan fingerprint density at radius 1 is 0.967 bits per heavy atom. The van der Waals surface area contributed by atoms with Crippen LogP contribution in [0.5, 0.6) is 0 Å². The van der Waals surface area contributed by atoms with Crippen molar-refractivity contribution in [2.45, 2.75) is 76.3 Å². The molecule has 2 aliphatic rings. The summed E-state index contributed by atoms with van der Waals surface area (Å²) in [5.41, 5.74) is 0.982. The molecule has 2 saturated heterocycles. The first kappa shape index (κ1) is 23.8. The monoisotopic (exact) mass is 452 g/mol. The highest BCUT2D eigenvalue weighted by Crippen LogP contribution is 2.38. The van der Waals surface area contributed by atoms with Crippen LogP contribution in [0.3, 0.4) is 0 Å². The third-order valence-electron chi connectivity index (χ3n) is 4.71. The number of rotatable bonds is 8. The molecule has 6 nitrogen and oxygen atoms in total. The number of hydrogen-bond donors (Lipinski definition) is 0. The van der Waals surface area contributed by atoms with E-state index in [9.17, 15) is 0 Å². The number of ether oxygens (including phenoxy) is 4. The van der Waals surface area contributed by atoms with Gasteiger partial charge < -0.3 is 27.8 Å². The molecule has 1 aromatic rings. The smallest absolute Gasteiger partial charge is 0.185 e. The largest absolute Gasteiger partial charge is 0.409 e. The maximum Gasteiger partial charge on any atom is 0.185 e. The Hall–Kier alpha value is -0.846. The standard InChI is InChI=1S/C22H36O6Si2/c1-8-14-23-22-20(28-30(5,6)7)19(27-29(2,3)4)18-17(25-22)15-24-21(26-18)16-12-10-9-11-13-16/h8-13,17-22H,1,14-15H2,2-7H3/t17-,18-,19+,20-,21?,22+/m1/s1. The van der Waals surface area contributed by atoms with E-state index in [4.69, 9.17) is 27.8 Å². The molecule has 2 aliphatic heterocycles. The lowest BCUT2D eigenvalue weighted by Crippen LogP contribution is -2.66. The van der Waals surface area contributed by atoms with Crippen molar-refractivity contribution in [1.29, 1.82) is 0 Å². The Kier molecular flexibility index (Phi) is 7.73. The van der Waals surface area contributed by atoms with E-state index in [0.29, 0.717) is 13.2 Å². The Morgan fingerprint density at radius 2 is 1.60 bits per heavy atom. The van der Waals surface area contributed by atoms with Crippen LogP contribution >= 0.6 is 0 Å². The van der Waals surface area contributed by atoms with E-state index in [2.05, 4.69) is 45.9 Å². The number of hydrogen-bond acceptors (Lipinski definition) is 6. The van der Waals surface area contributed by atoms with Gasteiger partial charge in [-0.25, -0.2) is 0 Å². The molecule has 0 saturated carbocycles. The Balaban J connectivity index is 1.90. The second-order valence-corrected chi connectivity index (χ2v) is 18.7. The zero-order valence-corrected chi connectivity index (χ0v) is 21.0. The predicted molar refractivity (Wildman–Crippen MR) is 121 cm³/mol. The van der Waals surface area contributed by atoms with Crippen LogP contribution in [0, 0.1) is 0 Å². The fourth-order valence-electron chi connectivity index (χ4n) is 3.70. The summed E-state index contributed by atoms with van der Waals surface area (Å²) in [6.45, 7) is 17.6. The van der Waals surface area contributed by atoms with Crippen molar-refractivity contribution < 1.29 is 27.8 Å². The van der Waals surface area contributed by atoms with Gasteiger partial charge in [0.25, 0.3) is 0 Å². The average molecular weight is 453 g/mol. The molecule has 3 rings (SSSR count). The third-order valence-corrected chi connectivity index (χ3v) is 6.67. The van der Waals surface area contributed by atoms with Gasteiger partial charge in [-0.1, -0.05) is 36.4 Å². The molecule has 0 bridgehead atoms. The summed E-state index contributed by atoms with van der Waals surface area (Å²) in [7, 11) is -3.83. The maximum absolute atomic E-state index is 6.67. The minimum Gasteiger partial charge on any atom is -0.409 e. The Labute approximate surface area is 182 Å². The molecule has 6 atom stereocenters. The molecule has 0 aliphatic carbocycles. The lowest BCUT2D eigenvalue weighted by Gasteiger charge is -2.51. The van der Waals surface area contributed by atoms with Gasteiger partial charge in [-0.2, -0.15) is 0 Å². The second kappa shape index (κ2) is 9.75. The molecule has 0 aromatic heterocycles. The molecule has 0 spiro atoms. The molecule has 30 heavy (non-hydrogen) atoms. The maximum atomic E-state index is 6.67. The van der Waals surface area contributed by atoms with Gasteiger partial charge in [0.05, 0.1) is 13.2 Å². The summed E-state index contributed by atoms with van der Waals surface area (Å²) in [5, 5.41) is 0. The molecule has 1 unspecified atom stereocenters. The zero-order valence-electron chi connectivity index (χ0n) is 19.0. The Morgan fingerprint density at radius 3 is 2.20 bits per heavy atom. The van der Waals surface area contributed by atoms with Gasteiger partial charge in [0.15, 0.2) is 29.2 Å². The van der Waals surface area contributed by atoms with Crippen molar-refractivity contribution in [1.82, 2.24) is 0 Å². The Bertz CT molecular complexity index is 687. The van der Waals surface area contributed by atoms with Crippen LogP contribution in [-0.4, -0.2) is 60.6 Å². The fraction of sp³-hybridized carbons (Fsp3) is 0.636. The molecule has 0 N–H and O–H groups in total. The predicted octanol–water partition coefficient (Wildman–Crippen LogP) is 4.47. The molecule has 1 aromatic carbocycles. The molecule has 0 amide bonds. The van der Waals surface area contributed by atoms with Gasteiger partial charge >= 0.3 is 0 Å². The average Bonchev–Trinajstić information content (AvgIpc) is 2.67. The summed E-state index contributed by atoms with van der Waals surface area (Å²) in [5.74, 6) is 0. The zero-order chi connectivity index (χ0) is 21.9. The van der Waals surface area contributed by atoms with Crippen molar-refractivity contribution >= 4 is 16.6 Å². The second-order valence-electron chi connectivity index (χ2n) is 9.73. The molecule has 8 heteroatoms. The quantitative estimate of drug-likeness (QED) is 0.428. The van der Waals surface area contributed by atoms with Crippen LogP contribution in [0.4, 0.5) is 0 Å². The molecular formula is C22H36O6Si2. The molecule has 0 radical (unpaired) electrons. The van der Waals surface area contributed by atoms with Gasteiger partial charge in [0.2, 0.25) is 0 Å². The summed E-state index contributed by atoms with van der Waals surface area (Å²) in [6, 6.07) is 9.97. The highest BCUT2D eigenvalue weighted by molar-refractivity contribution is 6.70. The lowest BCUT2D eigenvalue weighted by atomic mass is 9.98. The topological polar surface area (TPSA) is 55.4 Å². The van der Waals surface area contributed by atoms with Gasteiger partial charge in [0, 0.05) is 5.56 Å². The third kappa shape index (κ3) is 6.33. The lowest BCUT2D eigenvalue weighted by molar-refractivity contribution is -0.355. The first-order valence-electron chi connectivity index (χ1n) is 10.6. The van der Waals surface area contributed by atoms with Crippen LogP contribution in [0.2, 0.25) is 39.3 Å². The van der Waals surface area contributed by atoms with Crippen LogP contribution in [0.15, 0.2) is 43.0 Å².